The number of amides is 2. The van der Waals surface area contributed by atoms with Gasteiger partial charge in [-0.05, 0) is 68.8 Å². The lowest BCUT2D eigenvalue weighted by atomic mass is 10.1. The summed E-state index contributed by atoms with van der Waals surface area (Å²) in [5.74, 6) is -3.62. The van der Waals surface area contributed by atoms with Crippen LogP contribution in [0.4, 0.5) is 0 Å². The summed E-state index contributed by atoms with van der Waals surface area (Å²) in [5.41, 5.74) is 7.08. The highest BCUT2D eigenvalue weighted by atomic mass is 16.6. The number of nitrogens with two attached hydrogens (primary N) is 1. The van der Waals surface area contributed by atoms with Crippen molar-refractivity contribution in [3.05, 3.63) is 83.4 Å². The number of hydrogen-bond acceptors (Lipinski definition) is 9. The first-order chi connectivity index (χ1) is 20.0. The normalized spacial score (nSPS) is 10.8. The molecule has 42 heavy (non-hydrogen) atoms. The zero-order chi connectivity index (χ0) is 31.2. The van der Waals surface area contributed by atoms with Gasteiger partial charge in [0.1, 0.15) is 18.1 Å². The van der Waals surface area contributed by atoms with Crippen LogP contribution in [0.5, 0.6) is 5.75 Å². The van der Waals surface area contributed by atoms with Gasteiger partial charge in [0, 0.05) is 17.7 Å². The third-order valence-electron chi connectivity index (χ3n) is 5.56. The summed E-state index contributed by atoms with van der Waals surface area (Å²) in [5, 5.41) is 9.68. The molecule has 12 nitrogen and oxygen atoms in total. The van der Waals surface area contributed by atoms with E-state index in [9.17, 15) is 24.0 Å². The van der Waals surface area contributed by atoms with Gasteiger partial charge in [-0.15, -0.1) is 6.58 Å². The van der Waals surface area contributed by atoms with Crippen molar-refractivity contribution >= 4 is 41.6 Å². The molecule has 0 saturated heterocycles. The molecule has 222 valence electrons. The van der Waals surface area contributed by atoms with Gasteiger partial charge in [-0.25, -0.2) is 14.4 Å². The van der Waals surface area contributed by atoms with Crippen molar-refractivity contribution in [2.45, 2.75) is 26.8 Å². The summed E-state index contributed by atoms with van der Waals surface area (Å²) in [6, 6.07) is 10.9. The van der Waals surface area contributed by atoms with Gasteiger partial charge in [0.05, 0.1) is 18.8 Å². The van der Waals surface area contributed by atoms with Crippen molar-refractivity contribution in [3.8, 4) is 5.75 Å². The number of carbonyl (C=O) groups is 5. The molecule has 2 aromatic rings. The van der Waals surface area contributed by atoms with Crippen LogP contribution in [0.15, 0.2) is 66.8 Å². The molecule has 0 aliphatic rings. The Kier molecular flexibility index (Phi) is 12.6. The lowest BCUT2D eigenvalue weighted by Crippen LogP contribution is -2.51. The van der Waals surface area contributed by atoms with E-state index in [0.717, 1.165) is 0 Å². The predicted molar refractivity (Wildman–Crippen MR) is 154 cm³/mol. The van der Waals surface area contributed by atoms with E-state index in [4.69, 9.17) is 25.4 Å². The summed E-state index contributed by atoms with van der Waals surface area (Å²) in [7, 11) is 0. The Hall–Kier alpha value is -5.26. The van der Waals surface area contributed by atoms with E-state index in [1.165, 1.54) is 35.2 Å². The number of nitrogen functional groups attached to an aromatic ring is 1. The monoisotopic (exact) mass is 578 g/mol. The predicted octanol–water partition coefficient (Wildman–Crippen LogP) is 2.22. The molecule has 0 aliphatic heterocycles. The van der Waals surface area contributed by atoms with E-state index in [2.05, 4.69) is 11.9 Å². The van der Waals surface area contributed by atoms with E-state index < -0.39 is 42.3 Å². The lowest BCUT2D eigenvalue weighted by molar-refractivity contribution is -0.159. The maximum atomic E-state index is 13.1. The first kappa shape index (κ1) is 32.9. The molecule has 0 heterocycles. The number of hydrogen-bond donors (Lipinski definition) is 3. The molecule has 0 unspecified atom stereocenters. The number of amidine groups is 1. The Labute approximate surface area is 243 Å². The molecular weight excluding hydrogens is 544 g/mol. The van der Waals surface area contributed by atoms with Crippen molar-refractivity contribution in [2.75, 3.05) is 26.3 Å². The minimum absolute atomic E-state index is 0.00611. The molecule has 0 radical (unpaired) electrons. The van der Waals surface area contributed by atoms with Gasteiger partial charge in [0.15, 0.2) is 0 Å². The van der Waals surface area contributed by atoms with Gasteiger partial charge in [-0.2, -0.15) is 0 Å². The van der Waals surface area contributed by atoms with E-state index in [-0.39, 0.29) is 42.5 Å². The molecule has 2 rings (SSSR count). The highest BCUT2D eigenvalue weighted by Gasteiger charge is 2.32. The first-order valence-electron chi connectivity index (χ1n) is 13.0. The lowest BCUT2D eigenvalue weighted by Gasteiger charge is -2.22. The molecule has 0 spiro atoms. The standard InChI is InChI=1S/C30H34N4O8/c1-5-16-34(18-24(35)33-25(29(38)40-6-2)30(39)41-7-3)27(36)19(4)17-20-8-10-22(11-9-20)28(37)42-23-14-12-21(13-15-23)26(31)32/h5,8-15,17,25H,1,6-7,16,18H2,2-4H3,(H3,31,32)(H,33,35)/b19-17+. The molecule has 2 aromatic carbocycles. The van der Waals surface area contributed by atoms with Gasteiger partial charge >= 0.3 is 17.9 Å². The van der Waals surface area contributed by atoms with Gasteiger partial charge in [0.25, 0.3) is 0 Å². The van der Waals surface area contributed by atoms with E-state index in [1.54, 1.807) is 51.1 Å². The van der Waals surface area contributed by atoms with E-state index in [1.807, 2.05) is 0 Å². The minimum atomic E-state index is -1.67. The fourth-order valence-electron chi connectivity index (χ4n) is 3.57. The Morgan fingerprint density at radius 2 is 1.50 bits per heavy atom. The van der Waals surface area contributed by atoms with Crippen molar-refractivity contribution < 1.29 is 38.2 Å². The van der Waals surface area contributed by atoms with E-state index >= 15 is 0 Å². The zero-order valence-electron chi connectivity index (χ0n) is 23.7. The van der Waals surface area contributed by atoms with Crippen LogP contribution in [0.3, 0.4) is 0 Å². The quantitative estimate of drug-likeness (QED) is 0.0576. The van der Waals surface area contributed by atoms with Gasteiger partial charge in [-0.3, -0.25) is 15.0 Å². The van der Waals surface area contributed by atoms with Crippen LogP contribution in [0.25, 0.3) is 6.08 Å². The average molecular weight is 579 g/mol. The molecule has 0 saturated carbocycles. The van der Waals surface area contributed by atoms with Crippen molar-refractivity contribution in [1.29, 1.82) is 5.41 Å². The number of ether oxygens (including phenoxy) is 3. The topological polar surface area (TPSA) is 178 Å². The summed E-state index contributed by atoms with van der Waals surface area (Å²) in [4.78, 5) is 63.8. The molecule has 0 aromatic heterocycles. The third-order valence-corrected chi connectivity index (χ3v) is 5.56. The summed E-state index contributed by atoms with van der Waals surface area (Å²) < 4.78 is 15.0. The van der Waals surface area contributed by atoms with Crippen LogP contribution >= 0.6 is 0 Å². The minimum Gasteiger partial charge on any atom is -0.464 e. The number of nitrogens with zero attached hydrogens (tertiary/aromatic N) is 1. The second-order valence-corrected chi connectivity index (χ2v) is 8.76. The Balaban J connectivity index is 2.09. The van der Waals surface area contributed by atoms with E-state index in [0.29, 0.717) is 11.1 Å². The number of benzene rings is 2. The highest BCUT2D eigenvalue weighted by molar-refractivity contribution is 6.04. The van der Waals surface area contributed by atoms with Gasteiger partial charge in [-0.1, -0.05) is 18.2 Å². The number of nitrogens with one attached hydrogen (secondary N) is 2. The molecule has 4 N–H and O–H groups in total. The molecule has 0 fully saturated rings. The number of rotatable bonds is 14. The Bertz CT molecular complexity index is 1330. The Morgan fingerprint density at radius 3 is 2.00 bits per heavy atom. The smallest absolute Gasteiger partial charge is 0.343 e. The van der Waals surface area contributed by atoms with Crippen molar-refractivity contribution in [3.63, 3.8) is 0 Å². The maximum Gasteiger partial charge on any atom is 0.343 e. The van der Waals surface area contributed by atoms with Crippen LogP contribution in [0, 0.1) is 5.41 Å². The van der Waals surface area contributed by atoms with Crippen LogP contribution < -0.4 is 15.8 Å². The third kappa shape index (κ3) is 9.73. The molecule has 0 atom stereocenters. The second kappa shape index (κ2) is 16.1. The van der Waals surface area contributed by atoms with Crippen LogP contribution in [-0.4, -0.2) is 72.8 Å². The first-order valence-corrected chi connectivity index (χ1v) is 13.0. The fraction of sp³-hybridized carbons (Fsp3) is 0.267. The molecule has 0 bridgehead atoms. The summed E-state index contributed by atoms with van der Waals surface area (Å²) in [6.07, 6.45) is 3.01. The number of esters is 3. The molecule has 12 heteroatoms. The number of carbonyl (C=O) groups excluding carboxylic acids is 5. The Morgan fingerprint density at radius 1 is 0.952 bits per heavy atom. The van der Waals surface area contributed by atoms with Crippen LogP contribution in [0.2, 0.25) is 0 Å². The summed E-state index contributed by atoms with van der Waals surface area (Å²) >= 11 is 0. The maximum absolute atomic E-state index is 13.1. The summed E-state index contributed by atoms with van der Waals surface area (Å²) in [6.45, 7) is 7.81. The highest BCUT2D eigenvalue weighted by Crippen LogP contribution is 2.16. The molecule has 0 aliphatic carbocycles. The SMILES string of the molecule is C=CCN(CC(=O)NC(C(=O)OCC)C(=O)OCC)C(=O)/C(C)=C/c1ccc(C(=O)Oc2ccc(C(=N)N)cc2)cc1. The van der Waals surface area contributed by atoms with Crippen LogP contribution in [0.1, 0.15) is 42.3 Å². The molecular formula is C30H34N4O8. The van der Waals surface area contributed by atoms with Crippen LogP contribution in [-0.2, 0) is 28.7 Å². The average Bonchev–Trinajstić information content (AvgIpc) is 2.96. The molecule has 2 amide bonds. The zero-order valence-corrected chi connectivity index (χ0v) is 23.7. The second-order valence-electron chi connectivity index (χ2n) is 8.76. The largest absolute Gasteiger partial charge is 0.464 e. The fourth-order valence-corrected chi connectivity index (χ4v) is 3.57. The van der Waals surface area contributed by atoms with Gasteiger partial charge in [0.2, 0.25) is 17.9 Å². The van der Waals surface area contributed by atoms with Crippen molar-refractivity contribution in [2.24, 2.45) is 5.73 Å². The van der Waals surface area contributed by atoms with Gasteiger partial charge < -0.3 is 30.2 Å². The van der Waals surface area contributed by atoms with Crippen molar-refractivity contribution in [1.82, 2.24) is 10.2 Å².